The number of para-hydroxylation sites is 1. The highest BCUT2D eigenvalue weighted by molar-refractivity contribution is 7.16. The normalized spacial score (nSPS) is 19.2. The molecule has 7 heteroatoms. The highest BCUT2D eigenvalue weighted by atomic mass is 32.1. The Hall–Kier alpha value is -2.25. The molecule has 1 aromatic heterocycles. The molecule has 1 atom stereocenters. The Bertz CT molecular complexity index is 849. The van der Waals surface area contributed by atoms with Crippen LogP contribution in [-0.2, 0) is 13.0 Å². The van der Waals surface area contributed by atoms with E-state index >= 15 is 0 Å². The third-order valence-electron chi connectivity index (χ3n) is 5.11. The van der Waals surface area contributed by atoms with Gasteiger partial charge in [-0.2, -0.15) is 0 Å². The molecule has 1 aromatic carbocycles. The second-order valence-electron chi connectivity index (χ2n) is 6.46. The number of nitrogens with one attached hydrogen (secondary N) is 2. The molecule has 2 aliphatic heterocycles. The van der Waals surface area contributed by atoms with Gasteiger partial charge >= 0.3 is 0 Å². The average molecular weight is 373 g/mol. The van der Waals surface area contributed by atoms with Crippen LogP contribution in [0.2, 0.25) is 0 Å². The number of hydrogen-bond donors (Lipinski definition) is 2. The number of nitrogens with zero attached hydrogens (tertiary/aromatic N) is 1. The van der Waals surface area contributed by atoms with E-state index < -0.39 is 0 Å². The topological polar surface area (TPSA) is 62.8 Å². The number of anilines is 1. The van der Waals surface area contributed by atoms with Crippen LogP contribution in [0.3, 0.4) is 0 Å². The number of rotatable bonds is 4. The van der Waals surface area contributed by atoms with Crippen molar-refractivity contribution in [3.05, 3.63) is 39.8 Å². The largest absolute Gasteiger partial charge is 0.493 e. The number of fused-ring (bicyclic) bond motifs is 3. The van der Waals surface area contributed by atoms with E-state index in [1.807, 2.05) is 18.2 Å². The van der Waals surface area contributed by atoms with Crippen molar-refractivity contribution in [3.8, 4) is 11.5 Å². The molecule has 0 saturated carbocycles. The van der Waals surface area contributed by atoms with Crippen LogP contribution in [0.5, 0.6) is 11.5 Å². The molecule has 0 spiro atoms. The number of thiophene rings is 1. The molecule has 2 aromatic rings. The van der Waals surface area contributed by atoms with Gasteiger partial charge in [-0.1, -0.05) is 19.1 Å². The van der Waals surface area contributed by atoms with Crippen LogP contribution < -0.4 is 20.1 Å². The maximum Gasteiger partial charge on any atom is 0.256 e. The highest BCUT2D eigenvalue weighted by Crippen LogP contribution is 2.43. The van der Waals surface area contributed by atoms with Gasteiger partial charge in [0.2, 0.25) is 0 Å². The van der Waals surface area contributed by atoms with Gasteiger partial charge in [-0.05, 0) is 24.6 Å². The molecular formula is C19H23N3O3S. The van der Waals surface area contributed by atoms with Crippen LogP contribution in [-0.4, -0.2) is 38.1 Å². The molecule has 0 fully saturated rings. The summed E-state index contributed by atoms with van der Waals surface area (Å²) in [5.74, 6) is 1.27. The molecule has 6 nitrogen and oxygen atoms in total. The van der Waals surface area contributed by atoms with Gasteiger partial charge in [0.25, 0.3) is 5.91 Å². The van der Waals surface area contributed by atoms with Crippen molar-refractivity contribution in [1.82, 2.24) is 10.2 Å². The Morgan fingerprint density at radius 2 is 2.12 bits per heavy atom. The Labute approximate surface area is 157 Å². The molecule has 26 heavy (non-hydrogen) atoms. The summed E-state index contributed by atoms with van der Waals surface area (Å²) in [6, 6.07) is 5.69. The van der Waals surface area contributed by atoms with Crippen molar-refractivity contribution in [2.75, 3.05) is 32.6 Å². The van der Waals surface area contributed by atoms with Gasteiger partial charge in [0.05, 0.1) is 19.8 Å². The predicted octanol–water partition coefficient (Wildman–Crippen LogP) is 3.00. The number of amides is 1. The van der Waals surface area contributed by atoms with Crippen LogP contribution in [0.1, 0.15) is 39.5 Å². The average Bonchev–Trinajstić information content (AvgIpc) is 3.04. The number of likely N-dealkylation sites (N-methyl/N-ethyl adjacent to an activating group) is 1. The molecule has 2 N–H and O–H groups in total. The Balaban J connectivity index is 1.70. The van der Waals surface area contributed by atoms with E-state index in [-0.39, 0.29) is 12.1 Å². The summed E-state index contributed by atoms with van der Waals surface area (Å²) in [7, 11) is 3.22. The third-order valence-corrected chi connectivity index (χ3v) is 6.25. The molecule has 1 amide bonds. The number of carbonyl (C=O) groups is 1. The van der Waals surface area contributed by atoms with Gasteiger partial charge in [0.15, 0.2) is 11.5 Å². The van der Waals surface area contributed by atoms with E-state index in [0.29, 0.717) is 11.5 Å². The lowest BCUT2D eigenvalue weighted by molar-refractivity contribution is 0.0934. The first kappa shape index (κ1) is 17.2. The minimum atomic E-state index is -0.345. The fourth-order valence-electron chi connectivity index (χ4n) is 3.73. The van der Waals surface area contributed by atoms with Crippen molar-refractivity contribution in [2.24, 2.45) is 0 Å². The molecule has 0 unspecified atom stereocenters. The first-order valence-electron chi connectivity index (χ1n) is 8.81. The summed E-state index contributed by atoms with van der Waals surface area (Å²) in [4.78, 5) is 16.6. The number of hydrogen-bond acceptors (Lipinski definition) is 6. The first-order valence-corrected chi connectivity index (χ1v) is 9.63. The highest BCUT2D eigenvalue weighted by Gasteiger charge is 2.34. The van der Waals surface area contributed by atoms with Gasteiger partial charge < -0.3 is 20.1 Å². The number of methoxy groups -OCH3 is 2. The lowest BCUT2D eigenvalue weighted by atomic mass is 10.00. The Morgan fingerprint density at radius 1 is 1.27 bits per heavy atom. The molecule has 0 saturated heterocycles. The fraction of sp³-hybridized carbons (Fsp3) is 0.421. The van der Waals surface area contributed by atoms with Gasteiger partial charge in [-0.15, -0.1) is 11.3 Å². The number of benzene rings is 1. The van der Waals surface area contributed by atoms with Gasteiger partial charge in [-0.3, -0.25) is 9.69 Å². The zero-order valence-electron chi connectivity index (χ0n) is 15.2. The van der Waals surface area contributed by atoms with Crippen LogP contribution >= 0.6 is 11.3 Å². The fourth-order valence-corrected chi connectivity index (χ4v) is 5.05. The van der Waals surface area contributed by atoms with Crippen molar-refractivity contribution < 1.29 is 14.3 Å². The van der Waals surface area contributed by atoms with Crippen LogP contribution in [0, 0.1) is 0 Å². The van der Waals surface area contributed by atoms with Crippen LogP contribution in [0.25, 0.3) is 0 Å². The summed E-state index contributed by atoms with van der Waals surface area (Å²) < 4.78 is 10.9. The molecule has 0 bridgehead atoms. The molecule has 0 radical (unpaired) electrons. The van der Waals surface area contributed by atoms with Crippen LogP contribution in [0.15, 0.2) is 18.2 Å². The smallest absolute Gasteiger partial charge is 0.256 e. The third kappa shape index (κ3) is 2.71. The second-order valence-corrected chi connectivity index (χ2v) is 7.57. The van der Waals surface area contributed by atoms with E-state index in [1.165, 1.54) is 10.4 Å². The number of ether oxygens (including phenoxy) is 2. The van der Waals surface area contributed by atoms with Crippen LogP contribution in [0.4, 0.5) is 5.00 Å². The standard InChI is InChI=1S/C19H23N3O3S/c1-4-22-9-8-11-14(10-22)26-19-15(11)18(23)20-17(21-19)12-6-5-7-13(24-2)16(12)25-3/h5-7,17,21H,4,8-10H2,1-3H3,(H,20,23)/t17-/m0/s1. The quantitative estimate of drug-likeness (QED) is 0.863. The molecule has 2 aliphatic rings. The minimum absolute atomic E-state index is 0.0175. The maximum atomic E-state index is 12.9. The van der Waals surface area contributed by atoms with E-state index in [0.717, 1.165) is 42.2 Å². The number of carbonyl (C=O) groups excluding carboxylic acids is 1. The predicted molar refractivity (Wildman–Crippen MR) is 102 cm³/mol. The van der Waals surface area contributed by atoms with Crippen molar-refractivity contribution in [2.45, 2.75) is 26.1 Å². The summed E-state index contributed by atoms with van der Waals surface area (Å²) in [6.07, 6.45) is 0.583. The zero-order chi connectivity index (χ0) is 18.3. The Kier molecular flexibility index (Phi) is 4.50. The monoisotopic (exact) mass is 373 g/mol. The second kappa shape index (κ2) is 6.81. The van der Waals surface area contributed by atoms with Gasteiger partial charge in [-0.25, -0.2) is 0 Å². The molecule has 4 rings (SSSR count). The van der Waals surface area contributed by atoms with Gasteiger partial charge in [0.1, 0.15) is 11.2 Å². The molecular weight excluding hydrogens is 350 g/mol. The zero-order valence-corrected chi connectivity index (χ0v) is 16.0. The summed E-state index contributed by atoms with van der Waals surface area (Å²) in [5.41, 5.74) is 2.88. The molecule has 138 valence electrons. The minimum Gasteiger partial charge on any atom is -0.493 e. The summed E-state index contributed by atoms with van der Waals surface area (Å²) >= 11 is 1.70. The van der Waals surface area contributed by atoms with Crippen molar-refractivity contribution in [3.63, 3.8) is 0 Å². The van der Waals surface area contributed by atoms with E-state index in [4.69, 9.17) is 9.47 Å². The van der Waals surface area contributed by atoms with Crippen molar-refractivity contribution in [1.29, 1.82) is 0 Å². The Morgan fingerprint density at radius 3 is 2.85 bits per heavy atom. The summed E-state index contributed by atoms with van der Waals surface area (Å²) in [6.45, 7) is 5.14. The summed E-state index contributed by atoms with van der Waals surface area (Å²) in [5, 5.41) is 7.53. The van der Waals surface area contributed by atoms with E-state index in [1.54, 1.807) is 25.6 Å². The van der Waals surface area contributed by atoms with E-state index in [9.17, 15) is 4.79 Å². The first-order chi connectivity index (χ1) is 12.7. The lowest BCUT2D eigenvalue weighted by Gasteiger charge is -2.29. The lowest BCUT2D eigenvalue weighted by Crippen LogP contribution is -2.39. The van der Waals surface area contributed by atoms with E-state index in [2.05, 4.69) is 22.5 Å². The molecule has 0 aliphatic carbocycles. The van der Waals surface area contributed by atoms with Gasteiger partial charge in [0, 0.05) is 23.5 Å². The molecule has 3 heterocycles. The maximum absolute atomic E-state index is 12.9. The SMILES string of the molecule is CCN1CCc2c(sc3c2C(=O)N[C@H](c2cccc(OC)c2OC)N3)C1. The van der Waals surface area contributed by atoms with Crippen molar-refractivity contribution >= 4 is 22.2 Å².